The molecular formula is C27H26N2O5. The molecule has 4 rings (SSSR count). The summed E-state index contributed by atoms with van der Waals surface area (Å²) in [6.07, 6.45) is -0.506. The number of rotatable bonds is 8. The number of alkyl carbamates (subject to hydrolysis) is 1. The molecule has 0 saturated heterocycles. The molecule has 1 aliphatic rings. The van der Waals surface area contributed by atoms with Crippen LogP contribution in [0.25, 0.3) is 11.1 Å². The minimum atomic E-state index is -1.13. The van der Waals surface area contributed by atoms with Crippen LogP contribution in [0.3, 0.4) is 0 Å². The zero-order valence-electron chi connectivity index (χ0n) is 18.8. The van der Waals surface area contributed by atoms with E-state index in [2.05, 4.69) is 17.4 Å². The number of fused-ring (bicyclic) bond motifs is 3. The van der Waals surface area contributed by atoms with E-state index in [-0.39, 0.29) is 18.9 Å². The van der Waals surface area contributed by atoms with Gasteiger partial charge in [-0.15, -0.1) is 0 Å². The van der Waals surface area contributed by atoms with Crippen molar-refractivity contribution in [3.63, 3.8) is 0 Å². The summed E-state index contributed by atoms with van der Waals surface area (Å²) >= 11 is 0. The number of aliphatic carboxylic acids is 1. The summed E-state index contributed by atoms with van der Waals surface area (Å²) in [6.45, 7) is -0.340. The smallest absolute Gasteiger partial charge is 0.407 e. The molecule has 3 aromatic carbocycles. The highest BCUT2D eigenvalue weighted by atomic mass is 16.5. The maximum atomic E-state index is 12.9. The highest BCUT2D eigenvalue weighted by Gasteiger charge is 2.30. The van der Waals surface area contributed by atoms with Crippen molar-refractivity contribution < 1.29 is 24.2 Å². The molecule has 2 N–H and O–H groups in total. The summed E-state index contributed by atoms with van der Waals surface area (Å²) in [7, 11) is 1.40. The Morgan fingerprint density at radius 2 is 1.47 bits per heavy atom. The van der Waals surface area contributed by atoms with E-state index < -0.39 is 30.6 Å². The number of carbonyl (C=O) groups is 3. The zero-order valence-corrected chi connectivity index (χ0v) is 18.8. The average Bonchev–Trinajstić information content (AvgIpc) is 3.16. The number of carbonyl (C=O) groups excluding carboxylic acids is 2. The van der Waals surface area contributed by atoms with Gasteiger partial charge in [0, 0.05) is 19.4 Å². The molecule has 0 spiro atoms. The Hall–Kier alpha value is -4.13. The minimum Gasteiger partial charge on any atom is -0.480 e. The first-order valence-electron chi connectivity index (χ1n) is 11.1. The molecule has 7 nitrogen and oxygen atoms in total. The van der Waals surface area contributed by atoms with Crippen molar-refractivity contribution in [2.45, 2.75) is 18.4 Å². The molecule has 3 aromatic rings. The van der Waals surface area contributed by atoms with Crippen LogP contribution in [0.5, 0.6) is 0 Å². The van der Waals surface area contributed by atoms with Crippen LogP contribution in [0.15, 0.2) is 78.9 Å². The van der Waals surface area contributed by atoms with E-state index in [0.717, 1.165) is 32.7 Å². The topological polar surface area (TPSA) is 95.9 Å². The summed E-state index contributed by atoms with van der Waals surface area (Å²) in [5.74, 6) is -1.73. The number of carboxylic acid groups (broad SMARTS) is 1. The molecule has 7 heteroatoms. The molecular weight excluding hydrogens is 432 g/mol. The van der Waals surface area contributed by atoms with Gasteiger partial charge in [-0.1, -0.05) is 78.9 Å². The number of benzene rings is 3. The van der Waals surface area contributed by atoms with E-state index in [1.54, 1.807) is 0 Å². The lowest BCUT2D eigenvalue weighted by Crippen LogP contribution is -2.49. The predicted octanol–water partition coefficient (Wildman–Crippen LogP) is 3.68. The second-order valence-electron chi connectivity index (χ2n) is 8.30. The predicted molar refractivity (Wildman–Crippen MR) is 127 cm³/mol. The van der Waals surface area contributed by atoms with Crippen LogP contribution in [0.1, 0.15) is 22.6 Å². The minimum absolute atomic E-state index is 0.101. The maximum absolute atomic E-state index is 12.9. The third-order valence-corrected chi connectivity index (χ3v) is 5.97. The number of hydrogen-bond donors (Lipinski definition) is 2. The lowest BCUT2D eigenvalue weighted by Gasteiger charge is -2.24. The number of nitrogens with one attached hydrogen (secondary N) is 1. The van der Waals surface area contributed by atoms with Crippen LogP contribution in [0.4, 0.5) is 4.79 Å². The van der Waals surface area contributed by atoms with Gasteiger partial charge in [-0.05, 0) is 27.8 Å². The Kier molecular flexibility index (Phi) is 6.92. The van der Waals surface area contributed by atoms with Crippen molar-refractivity contribution in [2.24, 2.45) is 0 Å². The van der Waals surface area contributed by atoms with E-state index in [9.17, 15) is 14.4 Å². The van der Waals surface area contributed by atoms with Crippen molar-refractivity contribution in [1.29, 1.82) is 0 Å². The van der Waals surface area contributed by atoms with E-state index >= 15 is 0 Å². The molecule has 0 bridgehead atoms. The van der Waals surface area contributed by atoms with E-state index in [1.807, 2.05) is 66.7 Å². The largest absolute Gasteiger partial charge is 0.480 e. The molecule has 174 valence electrons. The Morgan fingerprint density at radius 1 is 0.912 bits per heavy atom. The van der Waals surface area contributed by atoms with Crippen LogP contribution in [-0.2, 0) is 20.7 Å². The van der Waals surface area contributed by atoms with E-state index in [0.29, 0.717) is 0 Å². The summed E-state index contributed by atoms with van der Waals surface area (Å²) in [5, 5.41) is 11.7. The quantitative estimate of drug-likeness (QED) is 0.537. The van der Waals surface area contributed by atoms with Crippen LogP contribution in [0.2, 0.25) is 0 Å². The molecule has 34 heavy (non-hydrogen) atoms. The van der Waals surface area contributed by atoms with Gasteiger partial charge >= 0.3 is 12.1 Å². The number of ether oxygens (including phenoxy) is 1. The van der Waals surface area contributed by atoms with Crippen LogP contribution >= 0.6 is 0 Å². The summed E-state index contributed by atoms with van der Waals surface area (Å²) in [5.41, 5.74) is 5.27. The molecule has 0 fully saturated rings. The lowest BCUT2D eigenvalue weighted by atomic mass is 9.98. The fraction of sp³-hybridized carbons (Fsp3) is 0.222. The number of hydrogen-bond acceptors (Lipinski definition) is 4. The lowest BCUT2D eigenvalue weighted by molar-refractivity contribution is -0.144. The van der Waals surface area contributed by atoms with Crippen molar-refractivity contribution in [2.75, 3.05) is 20.2 Å². The van der Waals surface area contributed by atoms with E-state index in [4.69, 9.17) is 9.84 Å². The number of amides is 2. The van der Waals surface area contributed by atoms with Crippen LogP contribution in [-0.4, -0.2) is 54.2 Å². The molecule has 0 aliphatic heterocycles. The fourth-order valence-electron chi connectivity index (χ4n) is 4.38. The normalized spacial score (nSPS) is 12.9. The van der Waals surface area contributed by atoms with Gasteiger partial charge < -0.3 is 20.1 Å². The van der Waals surface area contributed by atoms with Gasteiger partial charge in [-0.3, -0.25) is 9.59 Å². The first-order chi connectivity index (χ1) is 16.4. The molecule has 0 saturated carbocycles. The summed E-state index contributed by atoms with van der Waals surface area (Å²) in [4.78, 5) is 37.8. The fourth-order valence-corrected chi connectivity index (χ4v) is 4.38. The molecule has 1 aliphatic carbocycles. The Morgan fingerprint density at radius 3 is 2.06 bits per heavy atom. The standard InChI is InChI=1S/C27H26N2O5/c1-29(16-25(30)31)26(32)24(15-18-9-3-2-4-10-18)28-27(33)34-17-23-21-13-7-5-11-19(21)20-12-6-8-14-22(20)23/h2-14,23-24H,15-17H2,1H3,(H,28,33)(H,30,31)/t24-/m0/s1. The Balaban J connectivity index is 1.46. The Bertz CT molecular complexity index is 1150. The van der Waals surface area contributed by atoms with Crippen molar-refractivity contribution in [3.05, 3.63) is 95.6 Å². The molecule has 0 unspecified atom stereocenters. The zero-order chi connectivity index (χ0) is 24.1. The molecule has 0 aromatic heterocycles. The maximum Gasteiger partial charge on any atom is 0.407 e. The highest BCUT2D eigenvalue weighted by molar-refractivity contribution is 5.88. The summed E-state index contributed by atoms with van der Waals surface area (Å²) in [6, 6.07) is 24.3. The van der Waals surface area contributed by atoms with Crippen LogP contribution < -0.4 is 5.32 Å². The number of carboxylic acids is 1. The first kappa shape index (κ1) is 23.0. The van der Waals surface area contributed by atoms with Crippen molar-refractivity contribution >= 4 is 18.0 Å². The number of likely N-dealkylation sites (N-methyl/N-ethyl adjacent to an activating group) is 1. The third kappa shape index (κ3) is 5.09. The monoisotopic (exact) mass is 458 g/mol. The van der Waals surface area contributed by atoms with Gasteiger partial charge in [-0.25, -0.2) is 4.79 Å². The van der Waals surface area contributed by atoms with Gasteiger partial charge in [0.25, 0.3) is 0 Å². The second-order valence-corrected chi connectivity index (χ2v) is 8.30. The second kappa shape index (κ2) is 10.2. The Labute approximate surface area is 198 Å². The SMILES string of the molecule is CN(CC(=O)O)C(=O)[C@H](Cc1ccccc1)NC(=O)OCC1c2ccccc2-c2ccccc21. The molecule has 2 amide bonds. The van der Waals surface area contributed by atoms with Gasteiger partial charge in [0.1, 0.15) is 19.2 Å². The molecule has 0 radical (unpaired) electrons. The van der Waals surface area contributed by atoms with Gasteiger partial charge in [0.15, 0.2) is 0 Å². The van der Waals surface area contributed by atoms with Crippen molar-refractivity contribution in [1.82, 2.24) is 10.2 Å². The number of nitrogens with zero attached hydrogens (tertiary/aromatic N) is 1. The van der Waals surface area contributed by atoms with Gasteiger partial charge in [-0.2, -0.15) is 0 Å². The average molecular weight is 459 g/mol. The van der Waals surface area contributed by atoms with Gasteiger partial charge in [0.05, 0.1) is 0 Å². The van der Waals surface area contributed by atoms with Gasteiger partial charge in [0.2, 0.25) is 5.91 Å². The first-order valence-corrected chi connectivity index (χ1v) is 11.1. The van der Waals surface area contributed by atoms with Crippen LogP contribution in [0, 0.1) is 0 Å². The van der Waals surface area contributed by atoms with Crippen molar-refractivity contribution in [3.8, 4) is 11.1 Å². The third-order valence-electron chi connectivity index (χ3n) is 5.97. The highest BCUT2D eigenvalue weighted by Crippen LogP contribution is 2.44. The van der Waals surface area contributed by atoms with E-state index in [1.165, 1.54) is 7.05 Å². The molecule has 0 heterocycles. The summed E-state index contributed by atoms with van der Waals surface area (Å²) < 4.78 is 5.58. The molecule has 1 atom stereocenters.